The van der Waals surface area contributed by atoms with Gasteiger partial charge in [0, 0.05) is 6.92 Å². The Labute approximate surface area is 104 Å². The van der Waals surface area contributed by atoms with Gasteiger partial charge in [-0.3, -0.25) is 0 Å². The van der Waals surface area contributed by atoms with E-state index in [1.165, 1.54) is 23.4 Å². The first-order valence-electron chi connectivity index (χ1n) is 6.31. The van der Waals surface area contributed by atoms with Gasteiger partial charge in [0.15, 0.2) is 0 Å². The number of hydrogen-bond donors (Lipinski definition) is 0. The van der Waals surface area contributed by atoms with Gasteiger partial charge in [-0.15, -0.1) is 0 Å². The molecule has 0 atom stereocenters. The quantitative estimate of drug-likeness (QED) is 0.713. The molecule has 0 bridgehead atoms. The summed E-state index contributed by atoms with van der Waals surface area (Å²) in [5, 5.41) is 0. The van der Waals surface area contributed by atoms with Crippen LogP contribution in [-0.2, 0) is 13.1 Å². The van der Waals surface area contributed by atoms with E-state index in [-0.39, 0.29) is 0 Å². The second kappa shape index (κ2) is 5.17. The Bertz CT molecular complexity index is 497. The second-order valence-corrected chi connectivity index (χ2v) is 4.66. The molecule has 0 unspecified atom stereocenters. The molecule has 0 aliphatic carbocycles. The minimum Gasteiger partial charge on any atom is -0.234 e. The van der Waals surface area contributed by atoms with Crippen molar-refractivity contribution in [1.29, 1.82) is 0 Å². The predicted octanol–water partition coefficient (Wildman–Crippen LogP) is 2.85. The van der Waals surface area contributed by atoms with Crippen LogP contribution in [0, 0.1) is 13.8 Å². The Balaban J connectivity index is 2.19. The van der Waals surface area contributed by atoms with Crippen molar-refractivity contribution >= 4 is 0 Å². The van der Waals surface area contributed by atoms with Gasteiger partial charge >= 0.3 is 0 Å². The number of benzene rings is 1. The number of hydrogen-bond acceptors (Lipinski definition) is 0. The number of aromatic nitrogens is 2. The van der Waals surface area contributed by atoms with Crippen molar-refractivity contribution in [1.82, 2.24) is 4.57 Å². The van der Waals surface area contributed by atoms with E-state index in [2.05, 4.69) is 66.6 Å². The third-order valence-corrected chi connectivity index (χ3v) is 3.16. The van der Waals surface area contributed by atoms with E-state index >= 15 is 0 Å². The Morgan fingerprint density at radius 1 is 1.24 bits per heavy atom. The smallest absolute Gasteiger partial charge is 0.234 e. The Morgan fingerprint density at radius 3 is 2.76 bits per heavy atom. The molecule has 0 saturated heterocycles. The fourth-order valence-electron chi connectivity index (χ4n) is 2.19. The molecular weight excluding hydrogens is 208 g/mol. The Morgan fingerprint density at radius 2 is 2.06 bits per heavy atom. The molecule has 0 saturated carbocycles. The van der Waals surface area contributed by atoms with Crippen LogP contribution >= 0.6 is 0 Å². The lowest BCUT2D eigenvalue weighted by molar-refractivity contribution is -0.694. The van der Waals surface area contributed by atoms with Crippen molar-refractivity contribution in [3.05, 3.63) is 53.6 Å². The molecule has 0 spiro atoms. The molecular formula is C15H21N2+. The van der Waals surface area contributed by atoms with Crippen molar-refractivity contribution < 1.29 is 4.57 Å². The van der Waals surface area contributed by atoms with E-state index in [4.69, 9.17) is 0 Å². The summed E-state index contributed by atoms with van der Waals surface area (Å²) in [4.78, 5) is 0. The first-order valence-corrected chi connectivity index (χ1v) is 6.31. The summed E-state index contributed by atoms with van der Waals surface area (Å²) >= 11 is 0. The van der Waals surface area contributed by atoms with Crippen LogP contribution in [-0.4, -0.2) is 4.57 Å². The second-order valence-electron chi connectivity index (χ2n) is 4.66. The van der Waals surface area contributed by atoms with Crippen LogP contribution in [0.3, 0.4) is 0 Å². The van der Waals surface area contributed by atoms with E-state index in [0.29, 0.717) is 0 Å². The third-order valence-electron chi connectivity index (χ3n) is 3.16. The molecule has 0 radical (unpaired) electrons. The zero-order valence-electron chi connectivity index (χ0n) is 11.0. The summed E-state index contributed by atoms with van der Waals surface area (Å²) < 4.78 is 4.63. The van der Waals surface area contributed by atoms with Crippen molar-refractivity contribution in [3.63, 3.8) is 0 Å². The zero-order valence-corrected chi connectivity index (χ0v) is 11.0. The molecule has 0 N–H and O–H groups in total. The highest BCUT2D eigenvalue weighted by molar-refractivity contribution is 5.21. The SMILES string of the molecule is CCCn1cc[n+](Cc2cccc(C)c2)c1C. The van der Waals surface area contributed by atoms with Crippen molar-refractivity contribution in [2.45, 2.75) is 40.3 Å². The first-order chi connectivity index (χ1) is 8.20. The minimum atomic E-state index is 0.963. The average Bonchev–Trinajstić information content (AvgIpc) is 2.62. The van der Waals surface area contributed by atoms with Crippen LogP contribution in [0.1, 0.15) is 30.3 Å². The Kier molecular flexibility index (Phi) is 3.62. The molecule has 1 aromatic carbocycles. The van der Waals surface area contributed by atoms with E-state index in [9.17, 15) is 0 Å². The number of imidazole rings is 1. The molecule has 0 aliphatic rings. The largest absolute Gasteiger partial charge is 0.253 e. The van der Waals surface area contributed by atoms with E-state index in [1.54, 1.807) is 0 Å². The van der Waals surface area contributed by atoms with E-state index in [1.807, 2.05) is 0 Å². The Hall–Kier alpha value is -1.57. The monoisotopic (exact) mass is 229 g/mol. The van der Waals surface area contributed by atoms with Gasteiger partial charge in [0.1, 0.15) is 18.9 Å². The summed E-state index contributed by atoms with van der Waals surface area (Å²) in [7, 11) is 0. The summed E-state index contributed by atoms with van der Waals surface area (Å²) in [6, 6.07) is 8.72. The normalized spacial score (nSPS) is 10.8. The van der Waals surface area contributed by atoms with Gasteiger partial charge in [-0.1, -0.05) is 36.8 Å². The van der Waals surface area contributed by atoms with Crippen LogP contribution in [0.2, 0.25) is 0 Å². The molecule has 17 heavy (non-hydrogen) atoms. The van der Waals surface area contributed by atoms with Crippen molar-refractivity contribution in [2.24, 2.45) is 0 Å². The lowest BCUT2D eigenvalue weighted by Crippen LogP contribution is -2.36. The van der Waals surface area contributed by atoms with Gasteiger partial charge in [-0.05, 0) is 18.9 Å². The standard InChI is InChI=1S/C15H21N2/c1-4-8-16-9-10-17(14(16)3)12-15-7-5-6-13(2)11-15/h5-7,9-11H,4,8,12H2,1-3H3/q+1. The van der Waals surface area contributed by atoms with Crippen LogP contribution in [0.15, 0.2) is 36.7 Å². The third kappa shape index (κ3) is 2.76. The molecule has 2 heteroatoms. The zero-order chi connectivity index (χ0) is 12.3. The van der Waals surface area contributed by atoms with Gasteiger partial charge in [0.2, 0.25) is 0 Å². The fourth-order valence-corrected chi connectivity index (χ4v) is 2.19. The maximum Gasteiger partial charge on any atom is 0.253 e. The first kappa shape index (κ1) is 11.9. The number of aryl methyl sites for hydroxylation is 2. The lowest BCUT2D eigenvalue weighted by atomic mass is 10.1. The van der Waals surface area contributed by atoms with Crippen molar-refractivity contribution in [2.75, 3.05) is 0 Å². The minimum absolute atomic E-state index is 0.963. The molecule has 0 fully saturated rings. The highest BCUT2D eigenvalue weighted by Gasteiger charge is 2.11. The topological polar surface area (TPSA) is 8.81 Å². The highest BCUT2D eigenvalue weighted by atomic mass is 15.1. The van der Waals surface area contributed by atoms with Crippen molar-refractivity contribution in [3.8, 4) is 0 Å². The predicted molar refractivity (Wildman–Crippen MR) is 69.9 cm³/mol. The molecule has 1 heterocycles. The number of rotatable bonds is 4. The lowest BCUT2D eigenvalue weighted by Gasteiger charge is -2.02. The van der Waals surface area contributed by atoms with E-state index in [0.717, 1.165) is 13.1 Å². The average molecular weight is 229 g/mol. The van der Waals surface area contributed by atoms with E-state index < -0.39 is 0 Å². The molecule has 1 aromatic heterocycles. The highest BCUT2D eigenvalue weighted by Crippen LogP contribution is 2.04. The maximum atomic E-state index is 2.32. The van der Waals surface area contributed by atoms with Crippen LogP contribution < -0.4 is 4.57 Å². The fraction of sp³-hybridized carbons (Fsp3) is 0.400. The van der Waals surface area contributed by atoms with Gasteiger partial charge in [0.05, 0.1) is 6.54 Å². The van der Waals surface area contributed by atoms with Gasteiger partial charge in [-0.2, -0.15) is 0 Å². The van der Waals surface area contributed by atoms with Crippen LogP contribution in [0.5, 0.6) is 0 Å². The van der Waals surface area contributed by atoms with Gasteiger partial charge in [-0.25, -0.2) is 9.13 Å². The summed E-state index contributed by atoms with van der Waals surface area (Å²) in [5.41, 5.74) is 2.70. The molecule has 0 aliphatic heterocycles. The van der Waals surface area contributed by atoms with Gasteiger partial charge < -0.3 is 0 Å². The summed E-state index contributed by atoms with van der Waals surface area (Å²) in [5.74, 6) is 1.33. The molecule has 90 valence electrons. The van der Waals surface area contributed by atoms with Gasteiger partial charge in [0.25, 0.3) is 5.82 Å². The van der Waals surface area contributed by atoms with Crippen LogP contribution in [0.4, 0.5) is 0 Å². The van der Waals surface area contributed by atoms with Crippen LogP contribution in [0.25, 0.3) is 0 Å². The maximum absolute atomic E-state index is 2.32. The number of nitrogens with zero attached hydrogens (tertiary/aromatic N) is 2. The summed E-state index contributed by atoms with van der Waals surface area (Å²) in [6.45, 7) is 8.61. The molecule has 0 amide bonds. The molecule has 2 rings (SSSR count). The summed E-state index contributed by atoms with van der Waals surface area (Å²) in [6.07, 6.45) is 5.53. The molecule has 2 nitrogen and oxygen atoms in total. The molecule has 2 aromatic rings.